The molecule has 170 valence electrons. The summed E-state index contributed by atoms with van der Waals surface area (Å²) in [6.45, 7) is 12.8. The molecule has 0 aromatic heterocycles. The molecule has 1 aromatic carbocycles. The Morgan fingerprint density at radius 1 is 1.10 bits per heavy atom. The summed E-state index contributed by atoms with van der Waals surface area (Å²) in [6, 6.07) is 8.86. The van der Waals surface area contributed by atoms with Gasteiger partial charge in [-0.15, -0.1) is 24.0 Å². The lowest BCUT2D eigenvalue weighted by molar-refractivity contribution is 0.120. The van der Waals surface area contributed by atoms with Gasteiger partial charge in [0, 0.05) is 60.0 Å². The number of hydrogen-bond donors (Lipinski definition) is 1. The van der Waals surface area contributed by atoms with Crippen LogP contribution in [0.2, 0.25) is 0 Å². The lowest BCUT2D eigenvalue weighted by Crippen LogP contribution is -2.53. The maximum atomic E-state index is 5.20. The summed E-state index contributed by atoms with van der Waals surface area (Å²) in [6.07, 6.45) is 2.52. The van der Waals surface area contributed by atoms with Gasteiger partial charge in [-0.1, -0.05) is 29.8 Å². The van der Waals surface area contributed by atoms with Crippen molar-refractivity contribution >= 4 is 29.9 Å². The second-order valence-electron chi connectivity index (χ2n) is 8.46. The van der Waals surface area contributed by atoms with Crippen LogP contribution in [0.5, 0.6) is 0 Å². The molecule has 2 heterocycles. The van der Waals surface area contributed by atoms with E-state index >= 15 is 0 Å². The number of piperidine rings is 1. The number of rotatable bonds is 7. The van der Waals surface area contributed by atoms with Gasteiger partial charge in [-0.25, -0.2) is 0 Å². The Morgan fingerprint density at radius 2 is 1.83 bits per heavy atom. The molecule has 0 spiro atoms. The Morgan fingerprint density at radius 3 is 2.47 bits per heavy atom. The van der Waals surface area contributed by atoms with Crippen molar-refractivity contribution in [1.29, 1.82) is 0 Å². The summed E-state index contributed by atoms with van der Waals surface area (Å²) < 4.78 is 5.20. The molecule has 1 aromatic rings. The van der Waals surface area contributed by atoms with Crippen LogP contribution in [0.4, 0.5) is 0 Å². The fourth-order valence-corrected chi connectivity index (χ4v) is 4.39. The SMILES string of the molecule is CN=C(NCC1CCN(CCOC)CC1)N1CCN(Cc2cccc(C)c2)CC1.I. The fourth-order valence-electron chi connectivity index (χ4n) is 4.39. The van der Waals surface area contributed by atoms with Gasteiger partial charge in [-0.2, -0.15) is 0 Å². The summed E-state index contributed by atoms with van der Waals surface area (Å²) >= 11 is 0. The maximum Gasteiger partial charge on any atom is 0.193 e. The predicted octanol–water partition coefficient (Wildman–Crippen LogP) is 2.66. The van der Waals surface area contributed by atoms with Gasteiger partial charge in [0.15, 0.2) is 5.96 Å². The monoisotopic (exact) mass is 529 g/mol. The van der Waals surface area contributed by atoms with Gasteiger partial charge < -0.3 is 19.9 Å². The highest BCUT2D eigenvalue weighted by atomic mass is 127. The number of benzene rings is 1. The topological polar surface area (TPSA) is 43.3 Å². The molecule has 0 unspecified atom stereocenters. The number of hydrogen-bond acceptors (Lipinski definition) is 4. The van der Waals surface area contributed by atoms with Gasteiger partial charge in [0.05, 0.1) is 6.61 Å². The predicted molar refractivity (Wildman–Crippen MR) is 136 cm³/mol. The first kappa shape index (κ1) is 25.4. The van der Waals surface area contributed by atoms with E-state index in [0.717, 1.165) is 64.3 Å². The van der Waals surface area contributed by atoms with Crippen molar-refractivity contribution in [2.45, 2.75) is 26.3 Å². The largest absolute Gasteiger partial charge is 0.383 e. The lowest BCUT2D eigenvalue weighted by atomic mass is 9.97. The summed E-state index contributed by atoms with van der Waals surface area (Å²) in [5.41, 5.74) is 2.76. The Labute approximate surface area is 200 Å². The van der Waals surface area contributed by atoms with Crippen LogP contribution in [0, 0.1) is 12.8 Å². The Balaban J connectivity index is 0.00000320. The molecule has 1 N–H and O–H groups in total. The van der Waals surface area contributed by atoms with Gasteiger partial charge in [0.1, 0.15) is 0 Å². The van der Waals surface area contributed by atoms with Gasteiger partial charge in [0.2, 0.25) is 0 Å². The molecule has 0 amide bonds. The van der Waals surface area contributed by atoms with Crippen molar-refractivity contribution in [3.8, 4) is 0 Å². The van der Waals surface area contributed by atoms with E-state index in [-0.39, 0.29) is 24.0 Å². The standard InChI is InChI=1S/C23H39N5O.HI/c1-20-5-4-6-22(17-20)19-27-11-13-28(14-12-27)23(24-2)25-18-21-7-9-26(10-8-21)15-16-29-3;/h4-6,17,21H,7-16,18-19H2,1-3H3,(H,24,25);1H. The molecule has 0 atom stereocenters. The molecule has 0 radical (unpaired) electrons. The Hall–Kier alpha value is -0.900. The van der Waals surface area contributed by atoms with Gasteiger partial charge in [-0.05, 0) is 44.3 Å². The molecule has 2 saturated heterocycles. The molecular weight excluding hydrogens is 489 g/mol. The van der Waals surface area contributed by atoms with Crippen LogP contribution in [-0.4, -0.2) is 93.8 Å². The first-order valence-corrected chi connectivity index (χ1v) is 11.1. The molecule has 6 nitrogen and oxygen atoms in total. The third kappa shape index (κ3) is 7.98. The first-order valence-electron chi connectivity index (χ1n) is 11.1. The van der Waals surface area contributed by atoms with Crippen LogP contribution in [0.1, 0.15) is 24.0 Å². The highest BCUT2D eigenvalue weighted by molar-refractivity contribution is 14.0. The highest BCUT2D eigenvalue weighted by Gasteiger charge is 2.22. The number of ether oxygens (including phenoxy) is 1. The average Bonchev–Trinajstić information content (AvgIpc) is 2.74. The zero-order valence-corrected chi connectivity index (χ0v) is 21.3. The minimum absolute atomic E-state index is 0. The van der Waals surface area contributed by atoms with Gasteiger partial charge >= 0.3 is 0 Å². The number of guanidine groups is 1. The third-order valence-corrected chi connectivity index (χ3v) is 6.24. The van der Waals surface area contributed by atoms with Crippen LogP contribution in [-0.2, 0) is 11.3 Å². The maximum absolute atomic E-state index is 5.20. The molecule has 7 heteroatoms. The summed E-state index contributed by atoms with van der Waals surface area (Å²) in [7, 11) is 3.69. The van der Waals surface area contributed by atoms with Crippen molar-refractivity contribution < 1.29 is 4.74 Å². The normalized spacial score (nSPS) is 19.6. The zero-order chi connectivity index (χ0) is 20.5. The summed E-state index contributed by atoms with van der Waals surface area (Å²) in [5, 5.41) is 3.65. The summed E-state index contributed by atoms with van der Waals surface area (Å²) in [4.78, 5) is 12.0. The van der Waals surface area contributed by atoms with Gasteiger partial charge in [0.25, 0.3) is 0 Å². The van der Waals surface area contributed by atoms with E-state index in [2.05, 4.69) is 56.2 Å². The van der Waals surface area contributed by atoms with E-state index < -0.39 is 0 Å². The number of aliphatic imine (C=N–C) groups is 1. The quantitative estimate of drug-likeness (QED) is 0.335. The highest BCUT2D eigenvalue weighted by Crippen LogP contribution is 2.16. The van der Waals surface area contributed by atoms with E-state index in [9.17, 15) is 0 Å². The minimum atomic E-state index is 0. The van der Waals surface area contributed by atoms with Crippen LogP contribution >= 0.6 is 24.0 Å². The molecule has 30 heavy (non-hydrogen) atoms. The number of halogens is 1. The Bertz CT molecular complexity index is 640. The number of nitrogens with zero attached hydrogens (tertiary/aromatic N) is 4. The molecule has 2 aliphatic rings. The van der Waals surface area contributed by atoms with E-state index in [1.807, 2.05) is 7.05 Å². The molecule has 2 aliphatic heterocycles. The Kier molecular flexibility index (Phi) is 11.4. The van der Waals surface area contributed by atoms with E-state index in [0.29, 0.717) is 0 Å². The number of nitrogens with one attached hydrogen (secondary N) is 1. The number of piperazine rings is 1. The van der Waals surface area contributed by atoms with Crippen molar-refractivity contribution in [3.63, 3.8) is 0 Å². The van der Waals surface area contributed by atoms with E-state index in [4.69, 9.17) is 4.74 Å². The molecule has 2 fully saturated rings. The van der Waals surface area contributed by atoms with E-state index in [1.165, 1.54) is 37.1 Å². The lowest BCUT2D eigenvalue weighted by Gasteiger charge is -2.37. The van der Waals surface area contributed by atoms with Crippen LogP contribution in [0.3, 0.4) is 0 Å². The molecule has 0 saturated carbocycles. The average molecular weight is 530 g/mol. The number of methoxy groups -OCH3 is 1. The first-order chi connectivity index (χ1) is 14.2. The molecule has 0 aliphatic carbocycles. The second-order valence-corrected chi connectivity index (χ2v) is 8.46. The number of likely N-dealkylation sites (tertiary alicyclic amines) is 1. The van der Waals surface area contributed by atoms with E-state index in [1.54, 1.807) is 7.11 Å². The van der Waals surface area contributed by atoms with Crippen LogP contribution in [0.15, 0.2) is 29.3 Å². The van der Waals surface area contributed by atoms with Crippen molar-refractivity contribution in [3.05, 3.63) is 35.4 Å². The van der Waals surface area contributed by atoms with Crippen molar-refractivity contribution in [2.24, 2.45) is 10.9 Å². The van der Waals surface area contributed by atoms with Crippen LogP contribution < -0.4 is 5.32 Å². The minimum Gasteiger partial charge on any atom is -0.383 e. The zero-order valence-electron chi connectivity index (χ0n) is 19.0. The van der Waals surface area contributed by atoms with Crippen molar-refractivity contribution in [2.75, 3.05) is 73.1 Å². The summed E-state index contributed by atoms with van der Waals surface area (Å²) in [5.74, 6) is 1.81. The third-order valence-electron chi connectivity index (χ3n) is 6.24. The van der Waals surface area contributed by atoms with Gasteiger partial charge in [-0.3, -0.25) is 9.89 Å². The van der Waals surface area contributed by atoms with Crippen molar-refractivity contribution in [1.82, 2.24) is 20.0 Å². The molecular formula is C23H40IN5O. The number of aryl methyl sites for hydroxylation is 1. The molecule has 3 rings (SSSR count). The molecule has 0 bridgehead atoms. The fraction of sp³-hybridized carbons (Fsp3) is 0.696. The smallest absolute Gasteiger partial charge is 0.193 e. The second kappa shape index (κ2) is 13.5. The van der Waals surface area contributed by atoms with Crippen LogP contribution in [0.25, 0.3) is 0 Å².